The van der Waals surface area contributed by atoms with Crippen LogP contribution in [0.25, 0.3) is 0 Å². The van der Waals surface area contributed by atoms with Gasteiger partial charge in [0.2, 0.25) is 0 Å². The number of carbonyl (C=O) groups excluding carboxylic acids is 3. The number of amides is 3. The zero-order valence-corrected chi connectivity index (χ0v) is 15.9. The molecule has 3 amide bonds. The molecule has 1 aliphatic rings. The van der Waals surface area contributed by atoms with Crippen LogP contribution in [0, 0.1) is 0 Å². The summed E-state index contributed by atoms with van der Waals surface area (Å²) in [6, 6.07) is 9.29. The molecule has 26 heavy (non-hydrogen) atoms. The first kappa shape index (κ1) is 19.8. The summed E-state index contributed by atoms with van der Waals surface area (Å²) in [5.41, 5.74) is -0.748. The van der Waals surface area contributed by atoms with E-state index in [0.29, 0.717) is 0 Å². The molecule has 142 valence electrons. The van der Waals surface area contributed by atoms with E-state index in [1.54, 1.807) is 34.6 Å². The maximum atomic E-state index is 12.5. The van der Waals surface area contributed by atoms with E-state index in [0.717, 1.165) is 10.5 Å². The molecule has 1 aromatic rings. The van der Waals surface area contributed by atoms with Crippen LogP contribution in [0.5, 0.6) is 0 Å². The number of benzene rings is 1. The summed E-state index contributed by atoms with van der Waals surface area (Å²) in [5.74, 6) is -0.493. The van der Waals surface area contributed by atoms with E-state index in [1.807, 2.05) is 30.3 Å². The Morgan fingerprint density at radius 3 is 2.27 bits per heavy atom. The molecule has 0 bridgehead atoms. The zero-order valence-electron chi connectivity index (χ0n) is 15.9. The van der Waals surface area contributed by atoms with Gasteiger partial charge in [0.05, 0.1) is 5.54 Å². The highest BCUT2D eigenvalue weighted by Gasteiger charge is 2.45. The summed E-state index contributed by atoms with van der Waals surface area (Å²) in [5, 5.41) is 0. The lowest BCUT2D eigenvalue weighted by Gasteiger charge is -2.44. The molecule has 0 saturated carbocycles. The van der Waals surface area contributed by atoms with Crippen molar-refractivity contribution in [2.45, 2.75) is 52.4 Å². The maximum absolute atomic E-state index is 12.5. The average Bonchev–Trinajstić information content (AvgIpc) is 2.50. The lowest BCUT2D eigenvalue weighted by Crippen LogP contribution is -2.65. The highest BCUT2D eigenvalue weighted by Crippen LogP contribution is 2.25. The van der Waals surface area contributed by atoms with Gasteiger partial charge in [0.25, 0.3) is 5.91 Å². The van der Waals surface area contributed by atoms with Crippen LogP contribution in [0.15, 0.2) is 30.3 Å². The van der Waals surface area contributed by atoms with Crippen molar-refractivity contribution in [2.75, 3.05) is 13.1 Å². The molecule has 7 nitrogen and oxygen atoms in total. The van der Waals surface area contributed by atoms with Crippen LogP contribution in [-0.4, -0.2) is 52.1 Å². The van der Waals surface area contributed by atoms with E-state index in [2.05, 4.69) is 0 Å². The number of nitrogens with zero attached hydrogens (tertiary/aromatic N) is 2. The summed E-state index contributed by atoms with van der Waals surface area (Å²) < 4.78 is 10.6. The van der Waals surface area contributed by atoms with Gasteiger partial charge in [-0.05, 0) is 40.2 Å². The molecule has 1 fully saturated rings. The predicted octanol–water partition coefficient (Wildman–Crippen LogP) is 3.18. The van der Waals surface area contributed by atoms with Gasteiger partial charge in [-0.2, -0.15) is 0 Å². The van der Waals surface area contributed by atoms with Crippen LogP contribution < -0.4 is 0 Å². The van der Waals surface area contributed by atoms with E-state index < -0.39 is 29.2 Å². The summed E-state index contributed by atoms with van der Waals surface area (Å²) in [4.78, 5) is 39.6. The summed E-state index contributed by atoms with van der Waals surface area (Å²) in [7, 11) is 0. The van der Waals surface area contributed by atoms with Crippen molar-refractivity contribution in [3.63, 3.8) is 0 Å². The van der Waals surface area contributed by atoms with Crippen LogP contribution in [0.2, 0.25) is 0 Å². The fourth-order valence-electron chi connectivity index (χ4n) is 2.76. The van der Waals surface area contributed by atoms with Crippen molar-refractivity contribution in [1.82, 2.24) is 9.80 Å². The second-order valence-electron chi connectivity index (χ2n) is 7.92. The molecule has 0 unspecified atom stereocenters. The van der Waals surface area contributed by atoms with Crippen LogP contribution in [0.1, 0.15) is 40.2 Å². The molecule has 1 aromatic carbocycles. The monoisotopic (exact) mass is 362 g/mol. The van der Waals surface area contributed by atoms with Crippen molar-refractivity contribution in [1.29, 1.82) is 0 Å². The van der Waals surface area contributed by atoms with Gasteiger partial charge >= 0.3 is 12.2 Å². The second kappa shape index (κ2) is 7.35. The first-order valence-corrected chi connectivity index (χ1v) is 8.51. The molecule has 0 radical (unpaired) electrons. The number of ether oxygens (including phenoxy) is 2. The van der Waals surface area contributed by atoms with Gasteiger partial charge in [-0.15, -0.1) is 0 Å². The fraction of sp³-hybridized carbons (Fsp3) is 0.526. The third-order valence-corrected chi connectivity index (χ3v) is 3.80. The summed E-state index contributed by atoms with van der Waals surface area (Å²) in [6.45, 7) is 8.71. The van der Waals surface area contributed by atoms with Crippen LogP contribution in [-0.2, 0) is 20.9 Å². The molecule has 1 aliphatic heterocycles. The lowest BCUT2D eigenvalue weighted by atomic mass is 9.99. The van der Waals surface area contributed by atoms with E-state index >= 15 is 0 Å². The van der Waals surface area contributed by atoms with E-state index in [-0.39, 0.29) is 19.7 Å². The van der Waals surface area contributed by atoms with Crippen molar-refractivity contribution >= 4 is 18.1 Å². The minimum atomic E-state index is -0.899. The Morgan fingerprint density at radius 1 is 1.12 bits per heavy atom. The molecule has 0 aliphatic carbocycles. The minimum Gasteiger partial charge on any atom is -0.445 e. The van der Waals surface area contributed by atoms with Gasteiger partial charge in [-0.1, -0.05) is 30.3 Å². The molecule has 0 spiro atoms. The van der Waals surface area contributed by atoms with E-state index in [4.69, 9.17) is 9.47 Å². The quantitative estimate of drug-likeness (QED) is 0.808. The summed E-state index contributed by atoms with van der Waals surface area (Å²) >= 11 is 0. The Bertz CT molecular complexity index is 679. The number of hydrogen-bond donors (Lipinski definition) is 0. The Hall–Kier alpha value is -2.57. The van der Waals surface area contributed by atoms with Crippen LogP contribution in [0.4, 0.5) is 9.59 Å². The first-order valence-electron chi connectivity index (χ1n) is 8.51. The minimum absolute atomic E-state index is 0.126. The molecule has 0 N–H and O–H groups in total. The first-order chi connectivity index (χ1) is 12.0. The Balaban J connectivity index is 2.02. The van der Waals surface area contributed by atoms with Gasteiger partial charge in [0.15, 0.2) is 0 Å². The van der Waals surface area contributed by atoms with E-state index in [9.17, 15) is 14.4 Å². The smallest absolute Gasteiger partial charge is 0.417 e. The number of piperazine rings is 1. The van der Waals surface area contributed by atoms with Crippen molar-refractivity contribution in [3.8, 4) is 0 Å². The molecular weight excluding hydrogens is 336 g/mol. The van der Waals surface area contributed by atoms with E-state index in [1.165, 1.54) is 4.90 Å². The Labute approximate surface area is 153 Å². The number of rotatable bonds is 2. The van der Waals surface area contributed by atoms with Gasteiger partial charge in [-0.3, -0.25) is 9.69 Å². The molecule has 1 heterocycles. The topological polar surface area (TPSA) is 76.2 Å². The fourth-order valence-corrected chi connectivity index (χ4v) is 2.76. The molecule has 7 heteroatoms. The largest absolute Gasteiger partial charge is 0.445 e. The van der Waals surface area contributed by atoms with Gasteiger partial charge < -0.3 is 9.47 Å². The Morgan fingerprint density at radius 2 is 1.73 bits per heavy atom. The molecule has 1 saturated heterocycles. The zero-order chi connectivity index (χ0) is 19.5. The van der Waals surface area contributed by atoms with Crippen molar-refractivity contribution in [2.24, 2.45) is 0 Å². The highest BCUT2D eigenvalue weighted by molar-refractivity contribution is 5.96. The molecule has 2 rings (SSSR count). The number of imide groups is 1. The second-order valence-corrected chi connectivity index (χ2v) is 7.92. The summed E-state index contributed by atoms with van der Waals surface area (Å²) in [6.07, 6.45) is -1.29. The third kappa shape index (κ3) is 4.97. The molecule has 0 atom stereocenters. The normalized spacial score (nSPS) is 17.0. The molecule has 0 aromatic heterocycles. The Kier molecular flexibility index (Phi) is 5.59. The number of hydrogen-bond acceptors (Lipinski definition) is 5. The highest BCUT2D eigenvalue weighted by atomic mass is 16.6. The average molecular weight is 362 g/mol. The van der Waals surface area contributed by atoms with Gasteiger partial charge in [-0.25, -0.2) is 14.5 Å². The van der Waals surface area contributed by atoms with Crippen LogP contribution >= 0.6 is 0 Å². The maximum Gasteiger partial charge on any atom is 0.417 e. The standard InChI is InChI=1S/C19H26N2O5/c1-18(2,3)26-17(24)21-15(22)11-20(13-19(21,4)5)16(23)25-12-14-9-7-6-8-10-14/h6-10H,11-13H2,1-5H3. The lowest BCUT2D eigenvalue weighted by molar-refractivity contribution is -0.142. The van der Waals surface area contributed by atoms with Crippen molar-refractivity contribution in [3.05, 3.63) is 35.9 Å². The number of carbonyl (C=O) groups is 3. The van der Waals surface area contributed by atoms with Crippen molar-refractivity contribution < 1.29 is 23.9 Å². The van der Waals surface area contributed by atoms with Gasteiger partial charge in [0.1, 0.15) is 18.8 Å². The molecular formula is C19H26N2O5. The third-order valence-electron chi connectivity index (χ3n) is 3.80. The SMILES string of the molecule is CC(C)(C)OC(=O)N1C(=O)CN(C(=O)OCc2ccccc2)CC1(C)C. The van der Waals surface area contributed by atoms with Crippen LogP contribution in [0.3, 0.4) is 0 Å². The predicted molar refractivity (Wildman–Crippen MR) is 95.4 cm³/mol. The van der Waals surface area contributed by atoms with Gasteiger partial charge in [0, 0.05) is 6.54 Å².